The lowest BCUT2D eigenvalue weighted by Crippen LogP contribution is -2.59. The van der Waals surface area contributed by atoms with E-state index in [-0.39, 0.29) is 29.0 Å². The lowest BCUT2D eigenvalue weighted by atomic mass is 9.59. The average Bonchev–Trinajstić information content (AvgIpc) is 2.95. The van der Waals surface area contributed by atoms with Crippen LogP contribution in [0.5, 0.6) is 11.5 Å². The number of carbonyl (C=O) groups is 2. The first-order chi connectivity index (χ1) is 18.7. The van der Waals surface area contributed by atoms with Gasteiger partial charge in [0.2, 0.25) is 0 Å². The van der Waals surface area contributed by atoms with Crippen LogP contribution in [0.2, 0.25) is 0 Å². The molecule has 1 aromatic heterocycles. The zero-order chi connectivity index (χ0) is 27.6. The van der Waals surface area contributed by atoms with Crippen LogP contribution in [0, 0.1) is 5.41 Å². The number of carbonyl (C=O) groups excluding carboxylic acids is 2. The molecule has 3 aromatic rings. The number of nitrogens with one attached hydrogen (secondary N) is 1. The van der Waals surface area contributed by atoms with Gasteiger partial charge in [0.1, 0.15) is 11.5 Å². The first-order valence-electron chi connectivity index (χ1n) is 13.2. The number of hydrogen-bond donors (Lipinski definition) is 1. The van der Waals surface area contributed by atoms with Gasteiger partial charge in [0.25, 0.3) is 11.8 Å². The Bertz CT molecular complexity index is 1330. The Hall–Kier alpha value is -3.88. The molecule has 1 aliphatic carbocycles. The van der Waals surface area contributed by atoms with Crippen molar-refractivity contribution in [3.63, 3.8) is 0 Å². The number of piperidine rings is 1. The monoisotopic (exact) mass is 537 g/mol. The normalized spacial score (nSPS) is 18.4. The van der Waals surface area contributed by atoms with Crippen molar-refractivity contribution in [2.75, 3.05) is 13.1 Å². The highest BCUT2D eigenvalue weighted by Gasteiger charge is 2.49. The van der Waals surface area contributed by atoms with Gasteiger partial charge < -0.3 is 15.0 Å². The van der Waals surface area contributed by atoms with E-state index in [2.05, 4.69) is 10.3 Å². The second-order valence-corrected chi connectivity index (χ2v) is 10.2. The van der Waals surface area contributed by atoms with E-state index in [1.807, 2.05) is 17.9 Å². The molecule has 0 radical (unpaired) electrons. The molecule has 9 heteroatoms. The zero-order valence-electron chi connectivity index (χ0n) is 21.6. The molecule has 1 saturated heterocycles. The Balaban J connectivity index is 1.15. The van der Waals surface area contributed by atoms with E-state index >= 15 is 0 Å². The molecule has 204 valence electrons. The maximum Gasteiger partial charge on any atom is 0.416 e. The summed E-state index contributed by atoms with van der Waals surface area (Å²) >= 11 is 0. The van der Waals surface area contributed by atoms with Crippen molar-refractivity contribution >= 4 is 11.8 Å². The molecule has 2 heterocycles. The standard InChI is InChI=1S/C30H30F3N3O3/c1-2-25-24(4-3-17-34-25)27(37)35-26-13-14-29(26)15-18-36(19-16-29)28(38)20-5-9-22(10-6-20)39-23-11-7-21(8-12-23)30(31,32)33/h3-12,17,26H,2,13-16,18-19H2,1H3,(H,35,37). The highest BCUT2D eigenvalue weighted by molar-refractivity contribution is 5.96. The number of amides is 2. The van der Waals surface area contributed by atoms with Gasteiger partial charge in [-0.25, -0.2) is 0 Å². The van der Waals surface area contributed by atoms with Crippen molar-refractivity contribution in [3.8, 4) is 11.5 Å². The highest BCUT2D eigenvalue weighted by Crippen LogP contribution is 2.49. The number of benzene rings is 2. The van der Waals surface area contributed by atoms with Gasteiger partial charge in [0, 0.05) is 30.9 Å². The predicted molar refractivity (Wildman–Crippen MR) is 140 cm³/mol. The first-order valence-corrected chi connectivity index (χ1v) is 13.2. The number of nitrogens with zero attached hydrogens (tertiary/aromatic N) is 2. The van der Waals surface area contributed by atoms with Gasteiger partial charge in [-0.05, 0) is 98.2 Å². The molecule has 1 spiro atoms. The first kappa shape index (κ1) is 26.7. The van der Waals surface area contributed by atoms with Gasteiger partial charge in [-0.1, -0.05) is 6.92 Å². The summed E-state index contributed by atoms with van der Waals surface area (Å²) in [5.74, 6) is 0.548. The molecule has 0 bridgehead atoms. The number of likely N-dealkylation sites (tertiary alicyclic amines) is 1. The number of hydrogen-bond acceptors (Lipinski definition) is 4. The number of rotatable bonds is 6. The summed E-state index contributed by atoms with van der Waals surface area (Å²) < 4.78 is 43.9. The van der Waals surface area contributed by atoms with Crippen molar-refractivity contribution < 1.29 is 27.5 Å². The van der Waals surface area contributed by atoms with E-state index in [4.69, 9.17) is 4.74 Å². The van der Waals surface area contributed by atoms with E-state index < -0.39 is 11.7 Å². The maximum absolute atomic E-state index is 13.1. The summed E-state index contributed by atoms with van der Waals surface area (Å²) in [4.78, 5) is 32.2. The van der Waals surface area contributed by atoms with Crippen LogP contribution in [0.15, 0.2) is 66.9 Å². The number of pyridine rings is 1. The second kappa shape index (κ2) is 10.7. The Morgan fingerprint density at radius 2 is 1.64 bits per heavy atom. The Morgan fingerprint density at radius 3 is 2.21 bits per heavy atom. The summed E-state index contributed by atoms with van der Waals surface area (Å²) in [5.41, 5.74) is 1.21. The van der Waals surface area contributed by atoms with Gasteiger partial charge in [0.15, 0.2) is 0 Å². The van der Waals surface area contributed by atoms with Crippen LogP contribution in [-0.4, -0.2) is 40.8 Å². The molecular formula is C30H30F3N3O3. The number of aryl methyl sites for hydroxylation is 1. The summed E-state index contributed by atoms with van der Waals surface area (Å²) in [6.07, 6.45) is 1.61. The van der Waals surface area contributed by atoms with Crippen molar-refractivity contribution in [2.45, 2.75) is 51.2 Å². The van der Waals surface area contributed by atoms with Crippen LogP contribution in [0.25, 0.3) is 0 Å². The minimum atomic E-state index is -4.40. The van der Waals surface area contributed by atoms with Crippen molar-refractivity contribution in [2.24, 2.45) is 5.41 Å². The molecule has 1 atom stereocenters. The van der Waals surface area contributed by atoms with Crippen molar-refractivity contribution in [1.29, 1.82) is 0 Å². The van der Waals surface area contributed by atoms with Gasteiger partial charge in [0.05, 0.1) is 16.8 Å². The Morgan fingerprint density at radius 1 is 1.00 bits per heavy atom. The van der Waals surface area contributed by atoms with Crippen molar-refractivity contribution in [1.82, 2.24) is 15.2 Å². The summed E-state index contributed by atoms with van der Waals surface area (Å²) in [6.45, 7) is 3.21. The number of aromatic nitrogens is 1. The minimum absolute atomic E-state index is 0.0143. The largest absolute Gasteiger partial charge is 0.457 e. The summed E-state index contributed by atoms with van der Waals surface area (Å²) in [7, 11) is 0. The molecule has 5 rings (SSSR count). The number of halogens is 3. The molecule has 1 N–H and O–H groups in total. The molecule has 1 aliphatic heterocycles. The predicted octanol–water partition coefficient (Wildman–Crippen LogP) is 6.27. The molecule has 1 unspecified atom stereocenters. The number of ether oxygens (including phenoxy) is 1. The van der Waals surface area contributed by atoms with Crippen LogP contribution in [-0.2, 0) is 12.6 Å². The molecule has 6 nitrogen and oxygen atoms in total. The molecule has 2 fully saturated rings. The van der Waals surface area contributed by atoms with Gasteiger partial charge >= 0.3 is 6.18 Å². The molecular weight excluding hydrogens is 507 g/mol. The van der Waals surface area contributed by atoms with Gasteiger partial charge in [-0.15, -0.1) is 0 Å². The maximum atomic E-state index is 13.1. The molecule has 2 amide bonds. The lowest BCUT2D eigenvalue weighted by Gasteiger charge is -2.54. The van der Waals surface area contributed by atoms with E-state index in [0.29, 0.717) is 36.4 Å². The fraction of sp³-hybridized carbons (Fsp3) is 0.367. The molecule has 39 heavy (non-hydrogen) atoms. The zero-order valence-corrected chi connectivity index (χ0v) is 21.6. The summed E-state index contributed by atoms with van der Waals surface area (Å²) in [5, 5.41) is 3.23. The Kier molecular flexibility index (Phi) is 7.34. The fourth-order valence-corrected chi connectivity index (χ4v) is 5.53. The third-order valence-corrected chi connectivity index (χ3v) is 8.01. The van der Waals surface area contributed by atoms with Gasteiger partial charge in [-0.2, -0.15) is 13.2 Å². The van der Waals surface area contributed by atoms with E-state index in [0.717, 1.165) is 43.5 Å². The smallest absolute Gasteiger partial charge is 0.416 e. The van der Waals surface area contributed by atoms with Crippen LogP contribution >= 0.6 is 0 Å². The Labute approximate surface area is 225 Å². The SMILES string of the molecule is CCc1ncccc1C(=O)NC1CCC12CCN(C(=O)c1ccc(Oc3ccc(C(F)(F)F)cc3)cc1)CC2. The van der Waals surface area contributed by atoms with E-state index in [9.17, 15) is 22.8 Å². The molecule has 2 aromatic carbocycles. The lowest BCUT2D eigenvalue weighted by molar-refractivity contribution is -0.137. The van der Waals surface area contributed by atoms with Crippen LogP contribution in [0.1, 0.15) is 64.6 Å². The number of alkyl halides is 3. The topological polar surface area (TPSA) is 71.5 Å². The second-order valence-electron chi connectivity index (χ2n) is 10.2. The van der Waals surface area contributed by atoms with E-state index in [1.54, 1.807) is 36.5 Å². The molecule has 2 aliphatic rings. The average molecular weight is 538 g/mol. The van der Waals surface area contributed by atoms with Crippen molar-refractivity contribution in [3.05, 3.63) is 89.2 Å². The third kappa shape index (κ3) is 5.62. The molecule has 1 saturated carbocycles. The van der Waals surface area contributed by atoms with Crippen LogP contribution in [0.4, 0.5) is 13.2 Å². The van der Waals surface area contributed by atoms with E-state index in [1.165, 1.54) is 12.1 Å². The fourth-order valence-electron chi connectivity index (χ4n) is 5.53. The summed E-state index contributed by atoms with van der Waals surface area (Å²) in [6, 6.07) is 14.8. The quantitative estimate of drug-likeness (QED) is 0.402. The van der Waals surface area contributed by atoms with Crippen LogP contribution in [0.3, 0.4) is 0 Å². The highest BCUT2D eigenvalue weighted by atomic mass is 19.4. The van der Waals surface area contributed by atoms with Gasteiger partial charge in [-0.3, -0.25) is 14.6 Å². The minimum Gasteiger partial charge on any atom is -0.457 e. The third-order valence-electron chi connectivity index (χ3n) is 8.01. The van der Waals surface area contributed by atoms with Crippen LogP contribution < -0.4 is 10.1 Å².